The van der Waals surface area contributed by atoms with E-state index in [9.17, 15) is 14.3 Å². The summed E-state index contributed by atoms with van der Waals surface area (Å²) < 4.78 is 18.0. The van der Waals surface area contributed by atoms with E-state index in [0.29, 0.717) is 0 Å². The van der Waals surface area contributed by atoms with Crippen LogP contribution < -0.4 is 5.73 Å². The first-order chi connectivity index (χ1) is 7.57. The van der Waals surface area contributed by atoms with Gasteiger partial charge in [0.05, 0.1) is 12.6 Å². The van der Waals surface area contributed by atoms with Gasteiger partial charge in [-0.15, -0.1) is 12.4 Å². The summed E-state index contributed by atoms with van der Waals surface area (Å²) >= 11 is 0. The third kappa shape index (κ3) is 3.87. The summed E-state index contributed by atoms with van der Waals surface area (Å²) in [6.45, 7) is 1.67. The van der Waals surface area contributed by atoms with Crippen LogP contribution >= 0.6 is 12.4 Å². The topological polar surface area (TPSA) is 72.5 Å². The highest BCUT2D eigenvalue weighted by Gasteiger charge is 2.29. The lowest BCUT2D eigenvalue weighted by atomic mass is 10.0. The van der Waals surface area contributed by atoms with Crippen LogP contribution in [0.4, 0.5) is 4.39 Å². The first kappa shape index (κ1) is 15.7. The first-order valence-electron chi connectivity index (χ1n) is 4.92. The zero-order valence-electron chi connectivity index (χ0n) is 9.30. The standard InChI is InChI=1S/C11H14FNO3.ClH/c1-2-16-11(15)9(12)10(13)7-5-3-4-6-8(7)14;/h3-6,9-10,14H,2,13H2,1H3;1H/t9?,10-;/m0./s1. The highest BCUT2D eigenvalue weighted by molar-refractivity contribution is 5.85. The molecule has 0 saturated heterocycles. The molecule has 0 radical (unpaired) electrons. The number of ether oxygens (including phenoxy) is 1. The Bertz CT molecular complexity index is 375. The fourth-order valence-corrected chi connectivity index (χ4v) is 1.30. The van der Waals surface area contributed by atoms with Gasteiger partial charge in [0.15, 0.2) is 0 Å². The van der Waals surface area contributed by atoms with Crippen LogP contribution in [-0.2, 0) is 9.53 Å². The Balaban J connectivity index is 0.00000256. The van der Waals surface area contributed by atoms with Crippen molar-refractivity contribution in [1.82, 2.24) is 0 Å². The molecule has 0 bridgehead atoms. The molecule has 0 aliphatic rings. The first-order valence-corrected chi connectivity index (χ1v) is 4.92. The second-order valence-corrected chi connectivity index (χ2v) is 3.24. The lowest BCUT2D eigenvalue weighted by molar-refractivity contribution is -0.149. The Labute approximate surface area is 105 Å². The molecule has 17 heavy (non-hydrogen) atoms. The Hall–Kier alpha value is -1.33. The molecule has 4 nitrogen and oxygen atoms in total. The lowest BCUT2D eigenvalue weighted by Crippen LogP contribution is -2.31. The molecular formula is C11H15ClFNO3. The molecule has 96 valence electrons. The molecule has 0 spiro atoms. The van der Waals surface area contributed by atoms with Crippen molar-refractivity contribution in [2.24, 2.45) is 5.73 Å². The molecule has 1 aromatic carbocycles. The molecule has 0 fully saturated rings. The molecule has 0 heterocycles. The molecule has 0 aromatic heterocycles. The van der Waals surface area contributed by atoms with E-state index in [-0.39, 0.29) is 30.3 Å². The molecular weight excluding hydrogens is 249 g/mol. The molecule has 0 aliphatic heterocycles. The average molecular weight is 264 g/mol. The largest absolute Gasteiger partial charge is 0.508 e. The predicted molar refractivity (Wildman–Crippen MR) is 63.8 cm³/mol. The van der Waals surface area contributed by atoms with Gasteiger partial charge in [-0.2, -0.15) is 0 Å². The summed E-state index contributed by atoms with van der Waals surface area (Å²) in [5, 5.41) is 9.44. The number of para-hydroxylation sites is 1. The number of benzene rings is 1. The van der Waals surface area contributed by atoms with Crippen molar-refractivity contribution < 1.29 is 19.0 Å². The molecule has 6 heteroatoms. The number of alkyl halides is 1. The molecule has 1 unspecified atom stereocenters. The van der Waals surface area contributed by atoms with Gasteiger partial charge in [-0.25, -0.2) is 9.18 Å². The van der Waals surface area contributed by atoms with Crippen molar-refractivity contribution in [2.75, 3.05) is 6.61 Å². The number of esters is 1. The van der Waals surface area contributed by atoms with Crippen LogP contribution in [0, 0.1) is 0 Å². The monoisotopic (exact) mass is 263 g/mol. The molecule has 0 amide bonds. The number of hydrogen-bond donors (Lipinski definition) is 2. The zero-order valence-corrected chi connectivity index (χ0v) is 10.1. The van der Waals surface area contributed by atoms with Gasteiger partial charge in [-0.1, -0.05) is 18.2 Å². The number of hydrogen-bond acceptors (Lipinski definition) is 4. The summed E-state index contributed by atoms with van der Waals surface area (Å²) in [6, 6.07) is 4.81. The molecule has 1 rings (SSSR count). The van der Waals surface area contributed by atoms with Crippen molar-refractivity contribution in [3.63, 3.8) is 0 Å². The molecule has 2 atom stereocenters. The number of phenolic OH excluding ortho intramolecular Hbond substituents is 1. The number of nitrogens with two attached hydrogens (primary N) is 1. The summed E-state index contributed by atoms with van der Waals surface area (Å²) in [5.41, 5.74) is 5.72. The number of rotatable bonds is 4. The summed E-state index contributed by atoms with van der Waals surface area (Å²) in [7, 11) is 0. The molecule has 1 aromatic rings. The molecule has 3 N–H and O–H groups in total. The fraction of sp³-hybridized carbons (Fsp3) is 0.364. The Kier molecular flexibility index (Phi) is 6.53. The summed E-state index contributed by atoms with van der Waals surface area (Å²) in [5.74, 6) is -1.15. The van der Waals surface area contributed by atoms with E-state index >= 15 is 0 Å². The van der Waals surface area contributed by atoms with E-state index in [0.717, 1.165) is 0 Å². The second-order valence-electron chi connectivity index (χ2n) is 3.24. The summed E-state index contributed by atoms with van der Waals surface area (Å²) in [4.78, 5) is 11.1. The van der Waals surface area contributed by atoms with Gasteiger partial charge in [-0.05, 0) is 13.0 Å². The second kappa shape index (κ2) is 7.09. The van der Waals surface area contributed by atoms with E-state index in [4.69, 9.17) is 5.73 Å². The SMILES string of the molecule is CCOC(=O)C(F)[C@@H](N)c1ccccc1O.Cl. The van der Waals surface area contributed by atoms with Gasteiger partial charge in [0, 0.05) is 5.56 Å². The number of aromatic hydroxyl groups is 1. The predicted octanol–water partition coefficient (Wildman–Crippen LogP) is 1.71. The van der Waals surface area contributed by atoms with Crippen LogP contribution in [0.2, 0.25) is 0 Å². The van der Waals surface area contributed by atoms with Gasteiger partial charge in [0.1, 0.15) is 5.75 Å². The van der Waals surface area contributed by atoms with Crippen LogP contribution in [0.3, 0.4) is 0 Å². The van der Waals surface area contributed by atoms with Crippen molar-refractivity contribution >= 4 is 18.4 Å². The van der Waals surface area contributed by atoms with Gasteiger partial charge >= 0.3 is 5.97 Å². The van der Waals surface area contributed by atoms with E-state index in [1.54, 1.807) is 19.1 Å². The van der Waals surface area contributed by atoms with Crippen molar-refractivity contribution in [1.29, 1.82) is 0 Å². The van der Waals surface area contributed by atoms with E-state index in [1.807, 2.05) is 0 Å². The minimum absolute atomic E-state index is 0. The van der Waals surface area contributed by atoms with Crippen LogP contribution in [0.25, 0.3) is 0 Å². The third-order valence-corrected chi connectivity index (χ3v) is 2.12. The van der Waals surface area contributed by atoms with E-state index < -0.39 is 18.2 Å². The maximum Gasteiger partial charge on any atom is 0.342 e. The smallest absolute Gasteiger partial charge is 0.342 e. The quantitative estimate of drug-likeness (QED) is 0.812. The normalized spacial score (nSPS) is 13.4. The van der Waals surface area contributed by atoms with Gasteiger partial charge in [-0.3, -0.25) is 0 Å². The maximum absolute atomic E-state index is 13.5. The van der Waals surface area contributed by atoms with Gasteiger partial charge in [0.2, 0.25) is 6.17 Å². The Morgan fingerprint density at radius 2 is 2.12 bits per heavy atom. The molecule has 0 aliphatic carbocycles. The van der Waals surface area contributed by atoms with Crippen molar-refractivity contribution in [3.8, 4) is 5.75 Å². The molecule has 0 saturated carbocycles. The minimum Gasteiger partial charge on any atom is -0.508 e. The minimum atomic E-state index is -1.98. The van der Waals surface area contributed by atoms with Crippen molar-refractivity contribution in [2.45, 2.75) is 19.1 Å². The highest BCUT2D eigenvalue weighted by Crippen LogP contribution is 2.26. The maximum atomic E-state index is 13.5. The Morgan fingerprint density at radius 1 is 1.53 bits per heavy atom. The van der Waals surface area contributed by atoms with Gasteiger partial charge in [0.25, 0.3) is 0 Å². The van der Waals surface area contributed by atoms with Crippen molar-refractivity contribution in [3.05, 3.63) is 29.8 Å². The lowest BCUT2D eigenvalue weighted by Gasteiger charge is -2.16. The van der Waals surface area contributed by atoms with E-state index in [2.05, 4.69) is 4.74 Å². The number of halogens is 2. The van der Waals surface area contributed by atoms with E-state index in [1.165, 1.54) is 12.1 Å². The summed E-state index contributed by atoms with van der Waals surface area (Å²) in [6.07, 6.45) is -1.98. The van der Waals surface area contributed by atoms with Crippen LogP contribution in [0.5, 0.6) is 5.75 Å². The van der Waals surface area contributed by atoms with Crippen LogP contribution in [-0.4, -0.2) is 23.9 Å². The highest BCUT2D eigenvalue weighted by atomic mass is 35.5. The van der Waals surface area contributed by atoms with Gasteiger partial charge < -0.3 is 15.6 Å². The number of phenols is 1. The van der Waals surface area contributed by atoms with Crippen LogP contribution in [0.15, 0.2) is 24.3 Å². The fourth-order valence-electron chi connectivity index (χ4n) is 1.30. The average Bonchev–Trinajstić information content (AvgIpc) is 2.28. The number of carbonyl (C=O) groups excluding carboxylic acids is 1. The zero-order chi connectivity index (χ0) is 12.1. The number of carbonyl (C=O) groups is 1. The van der Waals surface area contributed by atoms with Crippen LogP contribution in [0.1, 0.15) is 18.5 Å². The Morgan fingerprint density at radius 3 is 2.65 bits per heavy atom. The third-order valence-electron chi connectivity index (χ3n) is 2.12.